The lowest BCUT2D eigenvalue weighted by molar-refractivity contribution is -0.126. The summed E-state index contributed by atoms with van der Waals surface area (Å²) in [6.45, 7) is 4.66. The van der Waals surface area contributed by atoms with Gasteiger partial charge in [0, 0.05) is 18.0 Å². The molecule has 0 heterocycles. The van der Waals surface area contributed by atoms with E-state index in [0.717, 1.165) is 12.8 Å². The Morgan fingerprint density at radius 2 is 2.33 bits per heavy atom. The molecule has 1 aliphatic rings. The Balaban J connectivity index is 2.58. The first-order chi connectivity index (χ1) is 6.96. The summed E-state index contributed by atoms with van der Waals surface area (Å²) >= 11 is 0. The Morgan fingerprint density at radius 3 is 2.73 bits per heavy atom. The summed E-state index contributed by atoms with van der Waals surface area (Å²) in [7, 11) is 0. The maximum absolute atomic E-state index is 11.4. The maximum atomic E-state index is 11.4. The summed E-state index contributed by atoms with van der Waals surface area (Å²) in [6, 6.07) is 0. The van der Waals surface area contributed by atoms with Gasteiger partial charge in [0.15, 0.2) is 0 Å². The number of rotatable bonds is 6. The SMILES string of the molecule is CC1(C(C)(NCCN=[N+]=[N-])C(N)=O)CC1. The number of hydrogen-bond acceptors (Lipinski definition) is 3. The minimum Gasteiger partial charge on any atom is -0.368 e. The molecular formula is C9H17N5O. The van der Waals surface area contributed by atoms with Crippen molar-refractivity contribution in [3.05, 3.63) is 10.4 Å². The van der Waals surface area contributed by atoms with Crippen molar-refractivity contribution in [1.29, 1.82) is 0 Å². The van der Waals surface area contributed by atoms with Gasteiger partial charge in [0.25, 0.3) is 0 Å². The topological polar surface area (TPSA) is 104 Å². The highest BCUT2D eigenvalue weighted by molar-refractivity contribution is 5.85. The zero-order valence-electron chi connectivity index (χ0n) is 9.16. The lowest BCUT2D eigenvalue weighted by Crippen LogP contribution is -2.59. The van der Waals surface area contributed by atoms with Crippen LogP contribution in [0.3, 0.4) is 0 Å². The Hall–Kier alpha value is -1.26. The third-order valence-electron chi connectivity index (χ3n) is 3.45. The lowest BCUT2D eigenvalue weighted by Gasteiger charge is -2.34. The minimum atomic E-state index is -0.696. The second-order valence-electron chi connectivity index (χ2n) is 4.43. The van der Waals surface area contributed by atoms with Crippen molar-refractivity contribution in [2.24, 2.45) is 16.3 Å². The molecule has 0 radical (unpaired) electrons. The van der Waals surface area contributed by atoms with Crippen LogP contribution in [0.2, 0.25) is 0 Å². The molecule has 6 heteroatoms. The summed E-state index contributed by atoms with van der Waals surface area (Å²) in [6.07, 6.45) is 2.00. The molecule has 3 N–H and O–H groups in total. The third-order valence-corrected chi connectivity index (χ3v) is 3.45. The first-order valence-corrected chi connectivity index (χ1v) is 5.02. The second-order valence-corrected chi connectivity index (χ2v) is 4.43. The molecule has 1 aliphatic carbocycles. The quantitative estimate of drug-likeness (QED) is 0.295. The average Bonchev–Trinajstić information content (AvgIpc) is 2.92. The molecular weight excluding hydrogens is 194 g/mol. The van der Waals surface area contributed by atoms with Gasteiger partial charge in [0.2, 0.25) is 5.91 Å². The van der Waals surface area contributed by atoms with Crippen LogP contribution in [0.5, 0.6) is 0 Å². The zero-order chi connectivity index (χ0) is 11.5. The number of primary amides is 1. The van der Waals surface area contributed by atoms with Crippen LogP contribution in [0.25, 0.3) is 10.4 Å². The largest absolute Gasteiger partial charge is 0.368 e. The number of carbonyl (C=O) groups is 1. The molecule has 1 amide bonds. The predicted molar refractivity (Wildman–Crippen MR) is 57.0 cm³/mol. The van der Waals surface area contributed by atoms with Crippen molar-refractivity contribution in [3.63, 3.8) is 0 Å². The fraction of sp³-hybridized carbons (Fsp3) is 0.889. The van der Waals surface area contributed by atoms with E-state index in [4.69, 9.17) is 11.3 Å². The lowest BCUT2D eigenvalue weighted by atomic mass is 9.83. The van der Waals surface area contributed by atoms with Crippen molar-refractivity contribution in [1.82, 2.24) is 5.32 Å². The molecule has 0 aromatic carbocycles. The fourth-order valence-electron chi connectivity index (χ4n) is 1.69. The minimum absolute atomic E-state index is 0.0464. The molecule has 15 heavy (non-hydrogen) atoms. The van der Waals surface area contributed by atoms with Gasteiger partial charge in [-0.1, -0.05) is 12.0 Å². The van der Waals surface area contributed by atoms with Crippen LogP contribution < -0.4 is 11.1 Å². The molecule has 84 valence electrons. The summed E-state index contributed by atoms with van der Waals surface area (Å²) in [5.74, 6) is -0.344. The monoisotopic (exact) mass is 211 g/mol. The zero-order valence-corrected chi connectivity index (χ0v) is 9.16. The van der Waals surface area contributed by atoms with Gasteiger partial charge in [-0.05, 0) is 30.7 Å². The maximum Gasteiger partial charge on any atom is 0.238 e. The van der Waals surface area contributed by atoms with Crippen molar-refractivity contribution < 1.29 is 4.79 Å². The standard InChI is InChI=1S/C9H17N5O/c1-8(3-4-8)9(2,7(10)15)12-5-6-13-14-11/h12H,3-6H2,1-2H3,(H2,10,15). The number of azide groups is 1. The number of nitrogens with two attached hydrogens (primary N) is 1. The highest BCUT2D eigenvalue weighted by atomic mass is 16.1. The summed E-state index contributed by atoms with van der Waals surface area (Å²) in [5.41, 5.74) is 12.8. The average molecular weight is 211 g/mol. The second kappa shape index (κ2) is 4.08. The van der Waals surface area contributed by atoms with Gasteiger partial charge in [0.1, 0.15) is 5.54 Å². The molecule has 0 saturated heterocycles. The number of amides is 1. The van der Waals surface area contributed by atoms with Crippen molar-refractivity contribution in [2.75, 3.05) is 13.1 Å². The van der Waals surface area contributed by atoms with E-state index in [0.29, 0.717) is 13.1 Å². The molecule has 1 fully saturated rings. The molecule has 0 aromatic rings. The first-order valence-electron chi connectivity index (χ1n) is 5.02. The van der Waals surface area contributed by atoms with Crippen LogP contribution >= 0.6 is 0 Å². The van der Waals surface area contributed by atoms with Crippen molar-refractivity contribution in [2.45, 2.75) is 32.2 Å². The Bertz CT molecular complexity index is 306. The van der Waals surface area contributed by atoms with E-state index in [1.54, 1.807) is 0 Å². The van der Waals surface area contributed by atoms with Gasteiger partial charge in [0.05, 0.1) is 0 Å². The van der Waals surface area contributed by atoms with Gasteiger partial charge in [-0.15, -0.1) is 0 Å². The van der Waals surface area contributed by atoms with Gasteiger partial charge < -0.3 is 11.1 Å². The van der Waals surface area contributed by atoms with Gasteiger partial charge in [-0.2, -0.15) is 0 Å². The first kappa shape index (κ1) is 11.8. The van der Waals surface area contributed by atoms with E-state index < -0.39 is 5.54 Å². The van der Waals surface area contributed by atoms with Crippen LogP contribution in [0, 0.1) is 5.41 Å². The molecule has 1 saturated carbocycles. The number of carbonyl (C=O) groups excluding carboxylic acids is 1. The molecule has 0 spiro atoms. The van der Waals surface area contributed by atoms with Crippen LogP contribution in [0.4, 0.5) is 0 Å². The molecule has 1 rings (SSSR count). The summed E-state index contributed by atoms with van der Waals surface area (Å²) in [5, 5.41) is 6.50. The Kier molecular flexibility index (Phi) is 3.21. The van der Waals surface area contributed by atoms with Gasteiger partial charge in [-0.3, -0.25) is 4.79 Å². The van der Waals surface area contributed by atoms with Crippen LogP contribution in [0.1, 0.15) is 26.7 Å². The van der Waals surface area contributed by atoms with Gasteiger partial charge in [-0.25, -0.2) is 0 Å². The highest BCUT2D eigenvalue weighted by Gasteiger charge is 2.56. The van der Waals surface area contributed by atoms with Crippen molar-refractivity contribution >= 4 is 5.91 Å². The molecule has 0 aromatic heterocycles. The van der Waals surface area contributed by atoms with Gasteiger partial charge >= 0.3 is 0 Å². The highest BCUT2D eigenvalue weighted by Crippen LogP contribution is 2.53. The number of nitrogens with zero attached hydrogens (tertiary/aromatic N) is 3. The van der Waals surface area contributed by atoms with E-state index in [1.165, 1.54) is 0 Å². The Labute approximate surface area is 88.8 Å². The molecule has 1 unspecified atom stereocenters. The summed E-state index contributed by atoms with van der Waals surface area (Å²) < 4.78 is 0. The number of nitrogens with one attached hydrogen (secondary N) is 1. The Morgan fingerprint density at radius 1 is 1.73 bits per heavy atom. The van der Waals surface area contributed by atoms with E-state index in [1.807, 2.05) is 13.8 Å². The third kappa shape index (κ3) is 2.22. The van der Waals surface area contributed by atoms with E-state index in [9.17, 15) is 4.79 Å². The van der Waals surface area contributed by atoms with Crippen LogP contribution in [-0.2, 0) is 4.79 Å². The van der Waals surface area contributed by atoms with E-state index >= 15 is 0 Å². The fourth-order valence-corrected chi connectivity index (χ4v) is 1.69. The smallest absolute Gasteiger partial charge is 0.238 e. The molecule has 0 bridgehead atoms. The van der Waals surface area contributed by atoms with E-state index in [2.05, 4.69) is 15.3 Å². The number of hydrogen-bond donors (Lipinski definition) is 2. The normalized spacial score (nSPS) is 21.2. The molecule has 0 aliphatic heterocycles. The predicted octanol–water partition coefficient (Wildman–Crippen LogP) is 0.930. The van der Waals surface area contributed by atoms with E-state index in [-0.39, 0.29) is 11.3 Å². The van der Waals surface area contributed by atoms with Crippen LogP contribution in [-0.4, -0.2) is 24.5 Å². The van der Waals surface area contributed by atoms with Crippen molar-refractivity contribution in [3.8, 4) is 0 Å². The summed E-state index contributed by atoms with van der Waals surface area (Å²) in [4.78, 5) is 14.1. The molecule has 6 nitrogen and oxygen atoms in total. The molecule has 1 atom stereocenters. The van der Waals surface area contributed by atoms with Crippen LogP contribution in [0.15, 0.2) is 5.11 Å².